The summed E-state index contributed by atoms with van der Waals surface area (Å²) in [6.07, 6.45) is 1.75. The zero-order chi connectivity index (χ0) is 15.9. The second-order valence-electron chi connectivity index (χ2n) is 5.63. The Hall–Kier alpha value is -1.11. The lowest BCUT2D eigenvalue weighted by molar-refractivity contribution is -0.126. The molecule has 5 nitrogen and oxygen atoms in total. The minimum Gasteiger partial charge on any atom is -0.354 e. The minimum atomic E-state index is -0.128. The van der Waals surface area contributed by atoms with Gasteiger partial charge in [0.15, 0.2) is 0 Å². The lowest BCUT2D eigenvalue weighted by Crippen LogP contribution is -2.44. The van der Waals surface area contributed by atoms with Crippen LogP contribution in [-0.4, -0.2) is 37.5 Å². The monoisotopic (exact) mass is 403 g/mol. The maximum absolute atomic E-state index is 12.0. The third-order valence-corrected chi connectivity index (χ3v) is 4.34. The van der Waals surface area contributed by atoms with Crippen molar-refractivity contribution < 1.29 is 9.59 Å². The van der Waals surface area contributed by atoms with E-state index in [1.165, 1.54) is 0 Å². The molecule has 1 saturated heterocycles. The Bertz CT molecular complexity index is 525. The van der Waals surface area contributed by atoms with Gasteiger partial charge in [0.2, 0.25) is 5.91 Å². The van der Waals surface area contributed by atoms with Crippen molar-refractivity contribution in [1.82, 2.24) is 16.0 Å². The molecule has 128 valence electrons. The number of benzene rings is 1. The Morgan fingerprint density at radius 1 is 1.22 bits per heavy atom. The molecular weight excluding hydrogens is 382 g/mol. The third-order valence-electron chi connectivity index (χ3n) is 3.81. The van der Waals surface area contributed by atoms with Crippen molar-refractivity contribution in [2.45, 2.75) is 25.8 Å². The summed E-state index contributed by atoms with van der Waals surface area (Å²) in [5.74, 6) is 0.0434. The van der Waals surface area contributed by atoms with E-state index < -0.39 is 0 Å². The zero-order valence-electron chi connectivity index (χ0n) is 13.1. The van der Waals surface area contributed by atoms with Crippen LogP contribution in [0.5, 0.6) is 0 Å². The average molecular weight is 405 g/mol. The first-order valence-electron chi connectivity index (χ1n) is 7.61. The molecule has 3 N–H and O–H groups in total. The van der Waals surface area contributed by atoms with Gasteiger partial charge in [0.1, 0.15) is 0 Å². The molecule has 1 heterocycles. The van der Waals surface area contributed by atoms with Crippen LogP contribution in [0.25, 0.3) is 0 Å². The second kappa shape index (κ2) is 9.90. The summed E-state index contributed by atoms with van der Waals surface area (Å²) >= 11 is 3.33. The molecule has 1 aliphatic rings. The van der Waals surface area contributed by atoms with E-state index in [9.17, 15) is 9.59 Å². The maximum Gasteiger partial charge on any atom is 0.251 e. The van der Waals surface area contributed by atoms with Crippen LogP contribution in [0.15, 0.2) is 28.7 Å². The lowest BCUT2D eigenvalue weighted by atomic mass is 9.92. The van der Waals surface area contributed by atoms with Crippen LogP contribution in [0.3, 0.4) is 0 Å². The molecule has 1 aliphatic heterocycles. The maximum atomic E-state index is 12.0. The van der Waals surface area contributed by atoms with Crippen molar-refractivity contribution in [3.05, 3.63) is 34.3 Å². The number of rotatable bonds is 5. The molecule has 2 amide bonds. The highest BCUT2D eigenvalue weighted by atomic mass is 79.9. The molecule has 7 heteroatoms. The number of halogens is 2. The largest absolute Gasteiger partial charge is 0.354 e. The number of carbonyl (C=O) groups is 2. The van der Waals surface area contributed by atoms with Crippen molar-refractivity contribution >= 4 is 40.2 Å². The van der Waals surface area contributed by atoms with Gasteiger partial charge in [-0.05, 0) is 50.6 Å². The van der Waals surface area contributed by atoms with Crippen LogP contribution in [0.1, 0.15) is 30.1 Å². The van der Waals surface area contributed by atoms with E-state index in [-0.39, 0.29) is 30.1 Å². The van der Waals surface area contributed by atoms with E-state index in [1.807, 2.05) is 12.1 Å². The molecule has 0 radical (unpaired) electrons. The lowest BCUT2D eigenvalue weighted by Gasteiger charge is -2.27. The van der Waals surface area contributed by atoms with Crippen LogP contribution < -0.4 is 16.0 Å². The molecule has 0 aliphatic carbocycles. The Labute approximate surface area is 151 Å². The van der Waals surface area contributed by atoms with Gasteiger partial charge < -0.3 is 16.0 Å². The highest BCUT2D eigenvalue weighted by Gasteiger charge is 2.24. The normalized spacial score (nSPS) is 20.3. The van der Waals surface area contributed by atoms with Crippen molar-refractivity contribution in [3.8, 4) is 0 Å². The second-order valence-corrected chi connectivity index (χ2v) is 6.55. The number of amides is 2. The summed E-state index contributed by atoms with van der Waals surface area (Å²) in [5, 5.41) is 9.03. The molecular formula is C16H23BrClN3O2. The average Bonchev–Trinajstić information content (AvgIpc) is 2.51. The van der Waals surface area contributed by atoms with E-state index in [2.05, 4.69) is 38.8 Å². The summed E-state index contributed by atoms with van der Waals surface area (Å²) in [4.78, 5) is 23.9. The Kier molecular flexibility index (Phi) is 8.58. The molecule has 0 bridgehead atoms. The van der Waals surface area contributed by atoms with Crippen LogP contribution in [-0.2, 0) is 4.79 Å². The first-order chi connectivity index (χ1) is 10.6. The molecule has 0 unspecified atom stereocenters. The van der Waals surface area contributed by atoms with Crippen molar-refractivity contribution in [2.75, 3.05) is 19.6 Å². The SMILES string of the molecule is C[C@H]1C[C@@H](C(=O)NCCNC(=O)c2ccc(Br)cc2)CCN1.Cl. The van der Waals surface area contributed by atoms with Gasteiger partial charge in [0, 0.05) is 35.1 Å². The van der Waals surface area contributed by atoms with Gasteiger partial charge in [0.25, 0.3) is 5.91 Å². The van der Waals surface area contributed by atoms with E-state index >= 15 is 0 Å². The first kappa shape index (κ1) is 19.9. The Morgan fingerprint density at radius 2 is 1.87 bits per heavy atom. The molecule has 1 fully saturated rings. The molecule has 23 heavy (non-hydrogen) atoms. The van der Waals surface area contributed by atoms with Gasteiger partial charge in [-0.1, -0.05) is 15.9 Å². The van der Waals surface area contributed by atoms with Crippen LogP contribution in [0.4, 0.5) is 0 Å². The van der Waals surface area contributed by atoms with Crippen LogP contribution >= 0.6 is 28.3 Å². The van der Waals surface area contributed by atoms with Crippen LogP contribution in [0.2, 0.25) is 0 Å². The Morgan fingerprint density at radius 3 is 2.52 bits per heavy atom. The van der Waals surface area contributed by atoms with Gasteiger partial charge in [-0.3, -0.25) is 9.59 Å². The molecule has 0 spiro atoms. The summed E-state index contributed by atoms with van der Waals surface area (Å²) in [6.45, 7) is 3.87. The predicted molar refractivity (Wildman–Crippen MR) is 96.9 cm³/mol. The van der Waals surface area contributed by atoms with Gasteiger partial charge in [0.05, 0.1) is 0 Å². The number of piperidine rings is 1. The van der Waals surface area contributed by atoms with E-state index in [4.69, 9.17) is 0 Å². The van der Waals surface area contributed by atoms with Crippen molar-refractivity contribution in [1.29, 1.82) is 0 Å². The summed E-state index contributed by atoms with van der Waals surface area (Å²) in [5.41, 5.74) is 0.613. The molecule has 0 aromatic heterocycles. The quantitative estimate of drug-likeness (QED) is 0.658. The molecule has 2 atom stereocenters. The Balaban J connectivity index is 0.00000264. The van der Waals surface area contributed by atoms with E-state index in [1.54, 1.807) is 12.1 Å². The fourth-order valence-corrected chi connectivity index (χ4v) is 2.84. The molecule has 0 saturated carbocycles. The zero-order valence-corrected chi connectivity index (χ0v) is 15.5. The third kappa shape index (κ3) is 6.49. The molecule has 1 aromatic rings. The van der Waals surface area contributed by atoms with E-state index in [0.717, 1.165) is 23.9 Å². The van der Waals surface area contributed by atoms with Crippen molar-refractivity contribution in [3.63, 3.8) is 0 Å². The number of carbonyl (C=O) groups excluding carboxylic acids is 2. The predicted octanol–water partition coefficient (Wildman–Crippen LogP) is 2.10. The van der Waals surface area contributed by atoms with Gasteiger partial charge >= 0.3 is 0 Å². The molecule has 1 aromatic carbocycles. The summed E-state index contributed by atoms with van der Waals surface area (Å²) in [7, 11) is 0. The summed E-state index contributed by atoms with van der Waals surface area (Å²) < 4.78 is 0.938. The topological polar surface area (TPSA) is 70.2 Å². The van der Waals surface area contributed by atoms with Crippen molar-refractivity contribution in [2.24, 2.45) is 5.92 Å². The standard InChI is InChI=1S/C16H22BrN3O2.ClH/c1-11-10-13(6-7-18-11)16(22)20-9-8-19-15(21)12-2-4-14(17)5-3-12;/h2-5,11,13,18H,6-10H2,1H3,(H,19,21)(H,20,22);1H/t11-,13-;/m0./s1. The van der Waals surface area contributed by atoms with Gasteiger partial charge in [-0.2, -0.15) is 0 Å². The number of hydrogen-bond acceptors (Lipinski definition) is 3. The molecule has 2 rings (SSSR count). The van der Waals surface area contributed by atoms with Gasteiger partial charge in [-0.25, -0.2) is 0 Å². The smallest absolute Gasteiger partial charge is 0.251 e. The fourth-order valence-electron chi connectivity index (χ4n) is 2.58. The number of nitrogens with one attached hydrogen (secondary N) is 3. The summed E-state index contributed by atoms with van der Waals surface area (Å²) in [6, 6.07) is 7.56. The van der Waals surface area contributed by atoms with Gasteiger partial charge in [-0.15, -0.1) is 12.4 Å². The highest BCUT2D eigenvalue weighted by molar-refractivity contribution is 9.10. The van der Waals surface area contributed by atoms with Crippen LogP contribution in [0, 0.1) is 5.92 Å². The first-order valence-corrected chi connectivity index (χ1v) is 8.40. The number of hydrogen-bond donors (Lipinski definition) is 3. The highest BCUT2D eigenvalue weighted by Crippen LogP contribution is 2.15. The fraction of sp³-hybridized carbons (Fsp3) is 0.500. The van der Waals surface area contributed by atoms with E-state index in [0.29, 0.717) is 24.7 Å². The minimum absolute atomic E-state index is 0.